The Hall–Kier alpha value is -1.79. The van der Waals surface area contributed by atoms with Crippen molar-refractivity contribution in [2.24, 2.45) is 12.8 Å². The maximum Gasteiger partial charge on any atom is 0.244 e. The maximum absolute atomic E-state index is 12.3. The summed E-state index contributed by atoms with van der Waals surface area (Å²) in [6.45, 7) is 0.543. The smallest absolute Gasteiger partial charge is 0.244 e. The molecule has 1 atom stereocenters. The van der Waals surface area contributed by atoms with E-state index in [0.717, 1.165) is 11.1 Å². The molecule has 0 spiro atoms. The van der Waals surface area contributed by atoms with E-state index in [4.69, 9.17) is 5.73 Å². The standard InChI is InChI=1S/C15H20N4OS/c1-18(9-11-4-6-13(21-3)7-5-11)15(20)14(16)12-8-17-19(2)10-12/h4-8,10,14H,9,16H2,1-3H3. The molecule has 1 unspecified atom stereocenters. The van der Waals surface area contributed by atoms with Gasteiger partial charge in [-0.1, -0.05) is 12.1 Å². The van der Waals surface area contributed by atoms with E-state index in [2.05, 4.69) is 17.2 Å². The average molecular weight is 304 g/mol. The zero-order chi connectivity index (χ0) is 15.4. The Morgan fingerprint density at radius 2 is 2.10 bits per heavy atom. The Balaban J connectivity index is 2.01. The van der Waals surface area contributed by atoms with Gasteiger partial charge in [0.1, 0.15) is 6.04 Å². The van der Waals surface area contributed by atoms with Crippen LogP contribution in [0.25, 0.3) is 0 Å². The lowest BCUT2D eigenvalue weighted by molar-refractivity contribution is -0.131. The van der Waals surface area contributed by atoms with Crippen LogP contribution in [0.15, 0.2) is 41.6 Å². The molecule has 6 heteroatoms. The molecular weight excluding hydrogens is 284 g/mol. The fourth-order valence-electron chi connectivity index (χ4n) is 2.06. The van der Waals surface area contributed by atoms with E-state index < -0.39 is 6.04 Å². The van der Waals surface area contributed by atoms with Crippen molar-refractivity contribution in [1.82, 2.24) is 14.7 Å². The highest BCUT2D eigenvalue weighted by Crippen LogP contribution is 2.17. The molecule has 1 amide bonds. The Labute approximate surface area is 129 Å². The molecule has 0 aliphatic heterocycles. The molecule has 2 rings (SSSR count). The molecule has 5 nitrogen and oxygen atoms in total. The van der Waals surface area contributed by atoms with Crippen molar-refractivity contribution in [3.8, 4) is 0 Å². The lowest BCUT2D eigenvalue weighted by atomic mass is 10.1. The van der Waals surface area contributed by atoms with Crippen molar-refractivity contribution in [3.63, 3.8) is 0 Å². The number of nitrogens with two attached hydrogens (primary N) is 1. The molecule has 0 fully saturated rings. The van der Waals surface area contributed by atoms with E-state index in [0.29, 0.717) is 6.54 Å². The number of rotatable bonds is 5. The Morgan fingerprint density at radius 3 is 2.62 bits per heavy atom. The average Bonchev–Trinajstić information content (AvgIpc) is 2.93. The molecule has 0 aliphatic carbocycles. The van der Waals surface area contributed by atoms with Crippen LogP contribution in [0.3, 0.4) is 0 Å². The highest BCUT2D eigenvalue weighted by molar-refractivity contribution is 7.98. The number of aryl methyl sites for hydroxylation is 1. The molecule has 21 heavy (non-hydrogen) atoms. The van der Waals surface area contributed by atoms with Crippen LogP contribution in [-0.2, 0) is 18.4 Å². The van der Waals surface area contributed by atoms with Gasteiger partial charge in [0.2, 0.25) is 5.91 Å². The van der Waals surface area contributed by atoms with E-state index in [9.17, 15) is 4.79 Å². The van der Waals surface area contributed by atoms with E-state index in [1.165, 1.54) is 4.90 Å². The molecule has 0 bridgehead atoms. The van der Waals surface area contributed by atoms with Gasteiger partial charge >= 0.3 is 0 Å². The van der Waals surface area contributed by atoms with Gasteiger partial charge < -0.3 is 10.6 Å². The van der Waals surface area contributed by atoms with Crippen molar-refractivity contribution in [2.45, 2.75) is 17.5 Å². The van der Waals surface area contributed by atoms with Gasteiger partial charge in [-0.2, -0.15) is 5.10 Å². The maximum atomic E-state index is 12.3. The number of benzene rings is 1. The zero-order valence-electron chi connectivity index (χ0n) is 12.5. The summed E-state index contributed by atoms with van der Waals surface area (Å²) in [5.41, 5.74) is 7.82. The van der Waals surface area contributed by atoms with Gasteiger partial charge in [0.25, 0.3) is 0 Å². The molecule has 0 radical (unpaired) electrons. The van der Waals surface area contributed by atoms with Gasteiger partial charge in [-0.05, 0) is 24.0 Å². The number of carbonyl (C=O) groups is 1. The first-order valence-electron chi connectivity index (χ1n) is 6.63. The van der Waals surface area contributed by atoms with E-state index >= 15 is 0 Å². The van der Waals surface area contributed by atoms with Crippen LogP contribution in [0.2, 0.25) is 0 Å². The quantitative estimate of drug-likeness (QED) is 0.856. The molecule has 1 aromatic heterocycles. The third-order valence-corrected chi connectivity index (χ3v) is 4.05. The lowest BCUT2D eigenvalue weighted by Gasteiger charge is -2.21. The summed E-state index contributed by atoms with van der Waals surface area (Å²) in [6, 6.07) is 7.50. The Kier molecular flexibility index (Phi) is 5.03. The molecule has 2 aromatic rings. The minimum absolute atomic E-state index is 0.114. The molecule has 1 aromatic carbocycles. The van der Waals surface area contributed by atoms with Crippen LogP contribution in [0.4, 0.5) is 0 Å². The van der Waals surface area contributed by atoms with Gasteiger partial charge in [0.05, 0.1) is 6.20 Å². The highest BCUT2D eigenvalue weighted by atomic mass is 32.2. The van der Waals surface area contributed by atoms with Gasteiger partial charge in [-0.15, -0.1) is 11.8 Å². The predicted octanol–water partition coefficient (Wildman–Crippen LogP) is 1.80. The number of likely N-dealkylation sites (N-methyl/N-ethyl adjacent to an activating group) is 1. The summed E-state index contributed by atoms with van der Waals surface area (Å²) < 4.78 is 1.64. The topological polar surface area (TPSA) is 64.2 Å². The van der Waals surface area contributed by atoms with Gasteiger partial charge in [0.15, 0.2) is 0 Å². The number of amides is 1. The number of thioether (sulfide) groups is 1. The molecule has 2 N–H and O–H groups in total. The summed E-state index contributed by atoms with van der Waals surface area (Å²) in [4.78, 5) is 15.2. The van der Waals surface area contributed by atoms with E-state index in [1.54, 1.807) is 47.8 Å². The first-order valence-corrected chi connectivity index (χ1v) is 7.85. The first kappa shape index (κ1) is 15.6. The summed E-state index contributed by atoms with van der Waals surface area (Å²) in [5.74, 6) is -0.114. The molecule has 0 saturated heterocycles. The van der Waals surface area contributed by atoms with Gasteiger partial charge in [-0.3, -0.25) is 9.48 Å². The second-order valence-electron chi connectivity index (χ2n) is 4.97. The molecule has 0 aliphatic rings. The van der Waals surface area contributed by atoms with Crippen LogP contribution in [0.5, 0.6) is 0 Å². The van der Waals surface area contributed by atoms with Crippen LogP contribution in [0, 0.1) is 0 Å². The second kappa shape index (κ2) is 6.78. The molecule has 112 valence electrons. The monoisotopic (exact) mass is 304 g/mol. The van der Waals surface area contributed by atoms with Crippen LogP contribution in [0.1, 0.15) is 17.2 Å². The number of nitrogens with zero attached hydrogens (tertiary/aromatic N) is 3. The number of aromatic nitrogens is 2. The third-order valence-electron chi connectivity index (χ3n) is 3.31. The van der Waals surface area contributed by atoms with Gasteiger partial charge in [-0.25, -0.2) is 0 Å². The SMILES string of the molecule is CSc1ccc(CN(C)C(=O)C(N)c2cnn(C)c2)cc1. The fourth-order valence-corrected chi connectivity index (χ4v) is 2.47. The molecular formula is C15H20N4OS. The van der Waals surface area contributed by atoms with Crippen LogP contribution >= 0.6 is 11.8 Å². The minimum Gasteiger partial charge on any atom is -0.340 e. The summed E-state index contributed by atoms with van der Waals surface area (Å²) >= 11 is 1.70. The molecule has 0 saturated carbocycles. The van der Waals surface area contributed by atoms with Crippen molar-refractivity contribution < 1.29 is 4.79 Å². The summed E-state index contributed by atoms with van der Waals surface area (Å²) in [6.07, 6.45) is 5.44. The fraction of sp³-hybridized carbons (Fsp3) is 0.333. The van der Waals surface area contributed by atoms with Gasteiger partial charge in [0, 0.05) is 37.3 Å². The number of hydrogen-bond acceptors (Lipinski definition) is 4. The van der Waals surface area contributed by atoms with Crippen molar-refractivity contribution in [1.29, 1.82) is 0 Å². The van der Waals surface area contributed by atoms with E-state index in [-0.39, 0.29) is 5.91 Å². The Morgan fingerprint density at radius 1 is 1.43 bits per heavy atom. The number of hydrogen-bond donors (Lipinski definition) is 1. The number of carbonyl (C=O) groups excluding carboxylic acids is 1. The van der Waals surface area contributed by atoms with Crippen molar-refractivity contribution in [2.75, 3.05) is 13.3 Å². The summed E-state index contributed by atoms with van der Waals surface area (Å²) in [5, 5.41) is 4.05. The largest absolute Gasteiger partial charge is 0.340 e. The van der Waals surface area contributed by atoms with E-state index in [1.807, 2.05) is 18.4 Å². The van der Waals surface area contributed by atoms with Crippen molar-refractivity contribution in [3.05, 3.63) is 47.8 Å². The summed E-state index contributed by atoms with van der Waals surface area (Å²) in [7, 11) is 3.57. The van der Waals surface area contributed by atoms with Crippen molar-refractivity contribution >= 4 is 17.7 Å². The normalized spacial score (nSPS) is 12.2. The third kappa shape index (κ3) is 3.86. The molecule has 1 heterocycles. The zero-order valence-corrected chi connectivity index (χ0v) is 13.3. The first-order chi connectivity index (χ1) is 10.0. The second-order valence-corrected chi connectivity index (χ2v) is 5.85. The van der Waals surface area contributed by atoms with Crippen LogP contribution < -0.4 is 5.73 Å². The Bertz CT molecular complexity index is 608. The highest BCUT2D eigenvalue weighted by Gasteiger charge is 2.21. The minimum atomic E-state index is -0.672. The lowest BCUT2D eigenvalue weighted by Crippen LogP contribution is -2.35. The van der Waals surface area contributed by atoms with Crippen LogP contribution in [-0.4, -0.2) is 33.9 Å². The predicted molar refractivity (Wildman–Crippen MR) is 84.8 cm³/mol.